The number of hydrogen-bond acceptors (Lipinski definition) is 8. The highest BCUT2D eigenvalue weighted by atomic mass is 79.9. The number of fused-ring (bicyclic) bond motifs is 2. The maximum absolute atomic E-state index is 13.4. The van der Waals surface area contributed by atoms with Crippen molar-refractivity contribution in [1.82, 2.24) is 4.57 Å². The number of thiazole rings is 1. The molecule has 11 heteroatoms. The number of nitrogens with one attached hydrogen (secondary N) is 1. The molecule has 0 atom stereocenters. The lowest BCUT2D eigenvalue weighted by atomic mass is 10.1. The van der Waals surface area contributed by atoms with Gasteiger partial charge in [-0.2, -0.15) is 0 Å². The van der Waals surface area contributed by atoms with Gasteiger partial charge in [-0.25, -0.2) is 4.99 Å². The average Bonchev–Trinajstić information content (AvgIpc) is 3.32. The number of methoxy groups -OCH3 is 3. The van der Waals surface area contributed by atoms with Crippen molar-refractivity contribution in [3.8, 4) is 17.2 Å². The van der Waals surface area contributed by atoms with E-state index in [2.05, 4.69) is 26.2 Å². The molecule has 0 saturated heterocycles. The first-order valence-corrected chi connectivity index (χ1v) is 11.5. The molecule has 1 aromatic heterocycles. The Morgan fingerprint density at radius 2 is 1.79 bits per heavy atom. The Morgan fingerprint density at radius 1 is 1.06 bits per heavy atom. The first-order chi connectivity index (χ1) is 15.9. The summed E-state index contributed by atoms with van der Waals surface area (Å²) >= 11 is 4.67. The lowest BCUT2D eigenvalue weighted by Crippen LogP contribution is -2.43. The topological polar surface area (TPSA) is 94.4 Å². The zero-order chi connectivity index (χ0) is 23.3. The van der Waals surface area contributed by atoms with Gasteiger partial charge in [-0.15, -0.1) is 0 Å². The number of ether oxygens (including phenoxy) is 3. The second kappa shape index (κ2) is 8.23. The highest BCUT2D eigenvalue weighted by molar-refractivity contribution is 9.10. The molecule has 0 aliphatic carbocycles. The molecule has 1 N–H and O–H groups in total. The van der Waals surface area contributed by atoms with Crippen LogP contribution in [0.5, 0.6) is 17.2 Å². The fourth-order valence-electron chi connectivity index (χ4n) is 3.94. The maximum atomic E-state index is 13.4. The van der Waals surface area contributed by atoms with Crippen LogP contribution in [-0.2, 0) is 11.5 Å². The average molecular weight is 531 g/mol. The molecule has 0 fully saturated rings. The van der Waals surface area contributed by atoms with Crippen molar-refractivity contribution in [2.24, 2.45) is 4.99 Å². The van der Waals surface area contributed by atoms with Gasteiger partial charge in [-0.1, -0.05) is 27.3 Å². The number of carbonyl (C=O) groups is 1. The molecule has 2 aromatic carbocycles. The number of amides is 1. The molecule has 170 valence electrons. The largest absolute Gasteiger partial charge is 0.493 e. The van der Waals surface area contributed by atoms with E-state index in [1.54, 1.807) is 25.9 Å². The zero-order valence-electron chi connectivity index (χ0n) is 18.0. The van der Waals surface area contributed by atoms with E-state index in [0.29, 0.717) is 50.1 Å². The van der Waals surface area contributed by atoms with E-state index in [1.807, 2.05) is 35.2 Å². The number of aromatic nitrogens is 1. The van der Waals surface area contributed by atoms with Crippen molar-refractivity contribution in [2.75, 3.05) is 38.2 Å². The van der Waals surface area contributed by atoms with Gasteiger partial charge in [0.15, 0.2) is 16.3 Å². The number of anilines is 2. The first-order valence-electron chi connectivity index (χ1n) is 9.89. The van der Waals surface area contributed by atoms with Crippen molar-refractivity contribution < 1.29 is 19.0 Å². The molecular formula is C22H19BrN4O5S. The van der Waals surface area contributed by atoms with E-state index in [9.17, 15) is 9.59 Å². The molecular weight excluding hydrogens is 512 g/mol. The number of rotatable bonds is 4. The summed E-state index contributed by atoms with van der Waals surface area (Å²) in [6, 6.07) is 9.12. The van der Waals surface area contributed by atoms with E-state index in [4.69, 9.17) is 14.2 Å². The van der Waals surface area contributed by atoms with Gasteiger partial charge in [0.05, 0.1) is 26.9 Å². The summed E-state index contributed by atoms with van der Waals surface area (Å²) in [6.07, 6.45) is 0. The summed E-state index contributed by atoms with van der Waals surface area (Å²) in [5.74, 6) is 1.22. The van der Waals surface area contributed by atoms with Crippen LogP contribution in [0.4, 0.5) is 11.4 Å². The smallest absolute Gasteiger partial charge is 0.272 e. The summed E-state index contributed by atoms with van der Waals surface area (Å²) in [5, 5.41) is 2.83. The van der Waals surface area contributed by atoms with Gasteiger partial charge >= 0.3 is 0 Å². The van der Waals surface area contributed by atoms with Crippen molar-refractivity contribution in [1.29, 1.82) is 0 Å². The molecule has 33 heavy (non-hydrogen) atoms. The lowest BCUT2D eigenvalue weighted by Gasteiger charge is -2.27. The summed E-state index contributed by atoms with van der Waals surface area (Å²) in [7, 11) is 4.65. The quantitative estimate of drug-likeness (QED) is 0.553. The fourth-order valence-corrected chi connectivity index (χ4v) is 5.36. The van der Waals surface area contributed by atoms with Crippen LogP contribution in [0.3, 0.4) is 0 Å². The van der Waals surface area contributed by atoms with Gasteiger partial charge in [0.25, 0.3) is 11.5 Å². The van der Waals surface area contributed by atoms with Crippen LogP contribution in [0.15, 0.2) is 44.6 Å². The van der Waals surface area contributed by atoms with E-state index < -0.39 is 0 Å². The minimum atomic E-state index is -0.291. The monoisotopic (exact) mass is 530 g/mol. The van der Waals surface area contributed by atoms with Crippen LogP contribution >= 0.6 is 27.3 Å². The molecule has 3 aromatic rings. The van der Waals surface area contributed by atoms with Gasteiger partial charge in [0.1, 0.15) is 17.9 Å². The number of hydrogen-bond donors (Lipinski definition) is 1. The molecule has 9 nitrogen and oxygen atoms in total. The number of benzene rings is 2. The number of halogens is 1. The van der Waals surface area contributed by atoms with Crippen molar-refractivity contribution in [3.63, 3.8) is 0 Å². The normalized spacial score (nSPS) is 16.0. The van der Waals surface area contributed by atoms with Gasteiger partial charge in [-0.05, 0) is 18.2 Å². The fraction of sp³-hybridized carbons (Fsp3) is 0.227. The van der Waals surface area contributed by atoms with Crippen LogP contribution in [0.25, 0.3) is 5.57 Å². The van der Waals surface area contributed by atoms with Crippen molar-refractivity contribution in [2.45, 2.75) is 6.67 Å². The second-order valence-electron chi connectivity index (χ2n) is 7.33. The van der Waals surface area contributed by atoms with Crippen LogP contribution in [0.1, 0.15) is 5.56 Å². The van der Waals surface area contributed by atoms with Crippen LogP contribution in [0, 0.1) is 0 Å². The Labute approximate surface area is 200 Å². The molecule has 1 amide bonds. The molecule has 0 spiro atoms. The summed E-state index contributed by atoms with van der Waals surface area (Å²) < 4.78 is 19.1. The van der Waals surface area contributed by atoms with Gasteiger partial charge in [0.2, 0.25) is 5.75 Å². The van der Waals surface area contributed by atoms with Crippen LogP contribution in [0.2, 0.25) is 0 Å². The van der Waals surface area contributed by atoms with Crippen LogP contribution in [-0.4, -0.2) is 38.5 Å². The lowest BCUT2D eigenvalue weighted by molar-refractivity contribution is -0.110. The first kappa shape index (κ1) is 21.5. The summed E-state index contributed by atoms with van der Waals surface area (Å²) in [6.45, 7) is 0.606. The predicted octanol–water partition coefficient (Wildman–Crippen LogP) is 1.90. The third kappa shape index (κ3) is 3.47. The third-order valence-electron chi connectivity index (χ3n) is 5.52. The zero-order valence-corrected chi connectivity index (χ0v) is 20.4. The standard InChI is InChI=1S/C22H19BrN4O5S/c1-30-15-7-12(8-16(31-2)18(15)32-3)26-9-24-22-27(10-26)21(29)19(33-22)17-13-6-11(23)4-5-14(13)25-20(17)28/h4-8H,9-10H2,1-3H3,(H,25,28). The van der Waals surface area contributed by atoms with Gasteiger partial charge in [0, 0.05) is 33.5 Å². The maximum Gasteiger partial charge on any atom is 0.272 e. The minimum absolute atomic E-state index is 0.256. The molecule has 0 unspecified atom stereocenters. The minimum Gasteiger partial charge on any atom is -0.493 e. The Morgan fingerprint density at radius 3 is 2.45 bits per heavy atom. The van der Waals surface area contributed by atoms with E-state index in [1.165, 1.54) is 11.3 Å². The predicted molar refractivity (Wildman–Crippen MR) is 128 cm³/mol. The molecule has 5 rings (SSSR count). The Kier molecular flexibility index (Phi) is 5.37. The highest BCUT2D eigenvalue weighted by Crippen LogP contribution is 2.41. The second-order valence-corrected chi connectivity index (χ2v) is 9.22. The summed E-state index contributed by atoms with van der Waals surface area (Å²) in [5.41, 5.74) is 2.27. The number of carbonyl (C=O) groups excluding carboxylic acids is 1. The molecule has 0 bridgehead atoms. The molecule has 0 saturated carbocycles. The molecule has 0 radical (unpaired) electrons. The molecule has 2 aliphatic rings. The SMILES string of the molecule is COc1cc(N2CN=c3sc(=C4C(=O)Nc5ccc(Br)cc54)c(=O)n3C2)cc(OC)c1OC. The van der Waals surface area contributed by atoms with Gasteiger partial charge < -0.3 is 24.4 Å². The van der Waals surface area contributed by atoms with Crippen molar-refractivity contribution >= 4 is 50.1 Å². The third-order valence-corrected chi connectivity index (χ3v) is 7.13. The Bertz CT molecular complexity index is 1450. The Hall–Kier alpha value is -3.31. The van der Waals surface area contributed by atoms with E-state index >= 15 is 0 Å². The van der Waals surface area contributed by atoms with E-state index in [0.717, 1.165) is 10.2 Å². The molecule has 2 aliphatic heterocycles. The summed E-state index contributed by atoms with van der Waals surface area (Å²) in [4.78, 5) is 33.2. The molecule has 3 heterocycles. The highest BCUT2D eigenvalue weighted by Gasteiger charge is 2.28. The van der Waals surface area contributed by atoms with E-state index in [-0.39, 0.29) is 18.1 Å². The Balaban J connectivity index is 1.60. The number of nitrogens with zero attached hydrogens (tertiary/aromatic N) is 3. The van der Waals surface area contributed by atoms with Gasteiger partial charge in [-0.3, -0.25) is 14.2 Å². The van der Waals surface area contributed by atoms with Crippen LogP contribution < -0.4 is 39.3 Å². The van der Waals surface area contributed by atoms with Crippen molar-refractivity contribution in [3.05, 3.63) is 60.1 Å².